The van der Waals surface area contributed by atoms with Gasteiger partial charge in [0, 0.05) is 29.3 Å². The second-order valence-corrected chi connectivity index (χ2v) is 15.6. The molecule has 0 spiro atoms. The van der Waals surface area contributed by atoms with Crippen molar-refractivity contribution in [3.05, 3.63) is 57.5 Å². The van der Waals surface area contributed by atoms with Crippen molar-refractivity contribution in [3.63, 3.8) is 0 Å². The molecule has 5 rings (SSSR count). The van der Waals surface area contributed by atoms with E-state index in [0.717, 1.165) is 54.5 Å². The van der Waals surface area contributed by atoms with Crippen LogP contribution < -0.4 is 0 Å². The van der Waals surface area contributed by atoms with E-state index >= 15 is 0 Å². The van der Waals surface area contributed by atoms with Crippen LogP contribution in [0.15, 0.2) is 35.7 Å². The lowest BCUT2D eigenvalue weighted by Crippen LogP contribution is -2.52. The van der Waals surface area contributed by atoms with Gasteiger partial charge in [-0.1, -0.05) is 45.2 Å². The number of hydrogen-bond donors (Lipinski definition) is 0. The second kappa shape index (κ2) is 11.3. The summed E-state index contributed by atoms with van der Waals surface area (Å²) in [6.07, 6.45) is 6.29. The van der Waals surface area contributed by atoms with Crippen LogP contribution in [-0.2, 0) is 32.7 Å². The number of carbonyl (C=O) groups is 2. The van der Waals surface area contributed by atoms with Crippen molar-refractivity contribution in [2.45, 2.75) is 91.3 Å². The highest BCUT2D eigenvalue weighted by Gasteiger charge is 2.65. The van der Waals surface area contributed by atoms with Crippen LogP contribution in [0.5, 0.6) is 0 Å². The summed E-state index contributed by atoms with van der Waals surface area (Å²) in [6.45, 7) is 6.47. The molecule has 1 heterocycles. The molecule has 1 aromatic carbocycles. The van der Waals surface area contributed by atoms with Gasteiger partial charge in [-0.25, -0.2) is 12.8 Å². The van der Waals surface area contributed by atoms with Crippen molar-refractivity contribution in [1.82, 2.24) is 9.21 Å². The Bertz CT molecular complexity index is 1350. The van der Waals surface area contributed by atoms with Gasteiger partial charge < -0.3 is 4.90 Å². The van der Waals surface area contributed by atoms with Crippen molar-refractivity contribution in [3.8, 4) is 0 Å². The minimum atomic E-state index is -3.91. The fourth-order valence-corrected chi connectivity index (χ4v) is 10.7. The van der Waals surface area contributed by atoms with Gasteiger partial charge >= 0.3 is 0 Å². The molecule has 3 aliphatic rings. The molecule has 3 saturated carbocycles. The number of ketones is 1. The largest absolute Gasteiger partial charge is 0.332 e. The molecule has 6 nitrogen and oxygen atoms in total. The fraction of sp³-hybridized carbons (Fsp3) is 0.613. The summed E-state index contributed by atoms with van der Waals surface area (Å²) >= 11 is 1.57. The first-order chi connectivity index (χ1) is 18.9. The molecule has 218 valence electrons. The van der Waals surface area contributed by atoms with E-state index in [1.807, 2.05) is 18.4 Å². The molecule has 2 atom stereocenters. The van der Waals surface area contributed by atoms with Crippen molar-refractivity contribution in [2.24, 2.45) is 16.7 Å². The van der Waals surface area contributed by atoms with Crippen molar-refractivity contribution < 1.29 is 22.4 Å². The summed E-state index contributed by atoms with van der Waals surface area (Å²) in [7, 11) is -3.91. The highest BCUT2D eigenvalue weighted by atomic mass is 32.2. The van der Waals surface area contributed by atoms with E-state index in [-0.39, 0.29) is 53.7 Å². The van der Waals surface area contributed by atoms with Crippen LogP contribution in [0.4, 0.5) is 4.39 Å². The summed E-state index contributed by atoms with van der Waals surface area (Å²) in [4.78, 5) is 30.0. The summed E-state index contributed by atoms with van der Waals surface area (Å²) in [6, 6.07) is 7.84. The summed E-state index contributed by atoms with van der Waals surface area (Å²) in [5, 5.41) is 1.98. The molecule has 3 aliphatic carbocycles. The summed E-state index contributed by atoms with van der Waals surface area (Å²) in [5.41, 5.74) is 0.611. The van der Waals surface area contributed by atoms with Crippen molar-refractivity contribution >= 4 is 33.1 Å². The Morgan fingerprint density at radius 1 is 1.05 bits per heavy atom. The maximum atomic E-state index is 14.3. The number of amides is 1. The van der Waals surface area contributed by atoms with Gasteiger partial charge in [0.15, 0.2) is 0 Å². The number of Topliss-reactive ketones (excluding diaryl/α,β-unsaturated/α-hetero) is 1. The first-order valence-corrected chi connectivity index (χ1v) is 17.0. The molecule has 0 N–H and O–H groups in total. The smallest absolute Gasteiger partial charge is 0.238 e. The van der Waals surface area contributed by atoms with Crippen LogP contribution in [0.2, 0.25) is 0 Å². The van der Waals surface area contributed by atoms with Gasteiger partial charge in [0.2, 0.25) is 15.9 Å². The number of halogens is 1. The number of hydrogen-bond acceptors (Lipinski definition) is 5. The molecule has 2 bridgehead atoms. The Labute approximate surface area is 242 Å². The molecule has 9 heteroatoms. The number of sulfonamides is 1. The number of benzene rings is 1. The minimum absolute atomic E-state index is 0.0679. The van der Waals surface area contributed by atoms with Crippen molar-refractivity contribution in [2.75, 3.05) is 12.3 Å². The zero-order valence-corrected chi connectivity index (χ0v) is 25.5. The Balaban J connectivity index is 1.43. The first kappa shape index (κ1) is 29.4. The van der Waals surface area contributed by atoms with E-state index in [1.165, 1.54) is 16.4 Å². The third kappa shape index (κ3) is 5.53. The van der Waals surface area contributed by atoms with Crippen LogP contribution in [0.25, 0.3) is 0 Å². The SMILES string of the molecule is Cc1ccsc1CN(Cc1ccc(F)cc1)C(=O)CN(C1CCCCC1)S(=O)(=O)CC12CCC(CC1=O)C2(C)C. The highest BCUT2D eigenvalue weighted by Crippen LogP contribution is 2.64. The van der Waals surface area contributed by atoms with E-state index < -0.39 is 15.4 Å². The molecule has 2 aromatic rings. The predicted molar refractivity (Wildman–Crippen MR) is 156 cm³/mol. The summed E-state index contributed by atoms with van der Waals surface area (Å²) in [5.74, 6) is -0.541. The normalized spacial score (nSPS) is 24.6. The third-order valence-electron chi connectivity index (χ3n) is 10.1. The molecule has 0 aliphatic heterocycles. The Kier molecular flexibility index (Phi) is 8.30. The Hall–Kier alpha value is -2.10. The van der Waals surface area contributed by atoms with Crippen LogP contribution in [0.3, 0.4) is 0 Å². The lowest BCUT2D eigenvalue weighted by atomic mass is 9.70. The van der Waals surface area contributed by atoms with Gasteiger partial charge in [-0.05, 0) is 78.6 Å². The average molecular weight is 589 g/mol. The van der Waals surface area contributed by atoms with E-state index in [1.54, 1.807) is 28.4 Å². The summed E-state index contributed by atoms with van der Waals surface area (Å²) < 4.78 is 43.6. The van der Waals surface area contributed by atoms with Crippen LogP contribution in [-0.4, -0.2) is 47.7 Å². The van der Waals surface area contributed by atoms with Crippen LogP contribution in [0.1, 0.15) is 81.2 Å². The number of fused-ring (bicyclic) bond motifs is 2. The lowest BCUT2D eigenvalue weighted by Gasteiger charge is -2.40. The number of nitrogens with zero attached hydrogens (tertiary/aromatic N) is 2. The van der Waals surface area contributed by atoms with Gasteiger partial charge in [-0.3, -0.25) is 9.59 Å². The second-order valence-electron chi connectivity index (χ2n) is 12.7. The molecule has 1 amide bonds. The van der Waals surface area contributed by atoms with Gasteiger partial charge in [0.05, 0.1) is 18.8 Å². The van der Waals surface area contributed by atoms with Crippen LogP contribution in [0, 0.1) is 29.5 Å². The van der Waals surface area contributed by atoms with E-state index in [2.05, 4.69) is 13.8 Å². The molecule has 3 fully saturated rings. The van der Waals surface area contributed by atoms with Gasteiger partial charge in [0.25, 0.3) is 0 Å². The van der Waals surface area contributed by atoms with Crippen molar-refractivity contribution in [1.29, 1.82) is 0 Å². The number of rotatable bonds is 10. The monoisotopic (exact) mass is 588 g/mol. The van der Waals surface area contributed by atoms with Gasteiger partial charge in [0.1, 0.15) is 11.6 Å². The maximum Gasteiger partial charge on any atom is 0.238 e. The van der Waals surface area contributed by atoms with Crippen LogP contribution >= 0.6 is 11.3 Å². The fourth-order valence-electron chi connectivity index (χ4n) is 7.34. The van der Waals surface area contributed by atoms with E-state index in [0.29, 0.717) is 19.4 Å². The Morgan fingerprint density at radius 3 is 2.33 bits per heavy atom. The number of thiophene rings is 1. The molecule has 40 heavy (non-hydrogen) atoms. The maximum absolute atomic E-state index is 14.3. The van der Waals surface area contributed by atoms with E-state index in [9.17, 15) is 22.4 Å². The number of carbonyl (C=O) groups excluding carboxylic acids is 2. The highest BCUT2D eigenvalue weighted by molar-refractivity contribution is 7.89. The van der Waals surface area contributed by atoms with Gasteiger partial charge in [-0.15, -0.1) is 11.3 Å². The molecular weight excluding hydrogens is 547 g/mol. The predicted octanol–water partition coefficient (Wildman–Crippen LogP) is 6.08. The first-order valence-electron chi connectivity index (χ1n) is 14.5. The molecule has 0 saturated heterocycles. The quantitative estimate of drug-likeness (QED) is 0.337. The molecular formula is C31H41FN2O4S2. The number of aryl methyl sites for hydroxylation is 1. The third-order valence-corrected chi connectivity index (χ3v) is 13.1. The zero-order chi connectivity index (χ0) is 28.7. The van der Waals surface area contributed by atoms with Gasteiger partial charge in [-0.2, -0.15) is 4.31 Å². The molecule has 0 radical (unpaired) electrons. The standard InChI is InChI=1S/C31H41FN2O4S2/c1-22-14-16-39-27(22)19-33(18-23-9-11-25(32)12-10-23)29(36)20-34(26-7-5-4-6-8-26)40(37,38)21-31-15-13-24(17-28(31)35)30(31,2)3/h9-12,14,16,24,26H,4-8,13,15,17-21H2,1-3H3. The zero-order valence-electron chi connectivity index (χ0n) is 23.8. The lowest BCUT2D eigenvalue weighted by molar-refractivity contribution is -0.133. The Morgan fingerprint density at radius 2 is 1.75 bits per heavy atom. The molecule has 2 unspecified atom stereocenters. The average Bonchev–Trinajstić information content (AvgIpc) is 3.48. The topological polar surface area (TPSA) is 74.8 Å². The van der Waals surface area contributed by atoms with E-state index in [4.69, 9.17) is 0 Å². The minimum Gasteiger partial charge on any atom is -0.332 e. The molecule has 1 aromatic heterocycles.